The monoisotopic (exact) mass is 368 g/mol. The largest absolute Gasteiger partial charge is 0.497 e. The Morgan fingerprint density at radius 2 is 1.74 bits per heavy atom. The van der Waals surface area contributed by atoms with Crippen LogP contribution in [0.25, 0.3) is 0 Å². The molecule has 0 bridgehead atoms. The lowest BCUT2D eigenvalue weighted by atomic mass is 9.67. The van der Waals surface area contributed by atoms with Crippen LogP contribution in [-0.4, -0.2) is 7.11 Å². The topological polar surface area (TPSA) is 9.23 Å². The lowest BCUT2D eigenvalue weighted by Gasteiger charge is -2.38. The van der Waals surface area contributed by atoms with Crippen LogP contribution in [0.4, 0.5) is 0 Å². The van der Waals surface area contributed by atoms with Crippen LogP contribution in [-0.2, 0) is 0 Å². The lowest BCUT2D eigenvalue weighted by molar-refractivity contribution is 0.147. The molecule has 27 heavy (non-hydrogen) atoms. The zero-order valence-electron chi connectivity index (χ0n) is 17.8. The molecule has 0 spiro atoms. The molecule has 1 unspecified atom stereocenters. The molecule has 0 saturated heterocycles. The highest BCUT2D eigenvalue weighted by molar-refractivity contribution is 5.30. The van der Waals surface area contributed by atoms with Gasteiger partial charge in [-0.25, -0.2) is 0 Å². The van der Waals surface area contributed by atoms with E-state index in [1.807, 2.05) is 0 Å². The SMILES string of the molecule is CCCC1(CCC(CC2=CCCCC2)c2ccc(OC)cc2)CCCCC1. The Balaban J connectivity index is 1.72. The van der Waals surface area contributed by atoms with Crippen LogP contribution in [0.1, 0.15) is 108 Å². The first-order valence-electron chi connectivity index (χ1n) is 11.6. The molecular weight excluding hydrogens is 328 g/mol. The number of hydrogen-bond donors (Lipinski definition) is 0. The maximum atomic E-state index is 5.39. The molecule has 0 aromatic heterocycles. The zero-order valence-corrected chi connectivity index (χ0v) is 17.8. The Hall–Kier alpha value is -1.24. The van der Waals surface area contributed by atoms with Crippen molar-refractivity contribution in [3.05, 3.63) is 41.5 Å². The minimum absolute atomic E-state index is 0.638. The zero-order chi connectivity index (χ0) is 19.0. The maximum Gasteiger partial charge on any atom is 0.118 e. The molecule has 0 heterocycles. The molecule has 2 aliphatic rings. The molecule has 1 aromatic carbocycles. The van der Waals surface area contributed by atoms with E-state index in [9.17, 15) is 0 Å². The van der Waals surface area contributed by atoms with E-state index in [2.05, 4.69) is 37.3 Å². The number of ether oxygens (including phenoxy) is 1. The van der Waals surface area contributed by atoms with Crippen molar-refractivity contribution >= 4 is 0 Å². The normalized spacial score (nSPS) is 20.7. The third-order valence-corrected chi connectivity index (χ3v) is 7.20. The second-order valence-electron chi connectivity index (χ2n) is 9.13. The van der Waals surface area contributed by atoms with Crippen molar-refractivity contribution in [1.82, 2.24) is 0 Å². The van der Waals surface area contributed by atoms with Crippen molar-refractivity contribution in [3.63, 3.8) is 0 Å². The average Bonchev–Trinajstić information content (AvgIpc) is 2.73. The van der Waals surface area contributed by atoms with Gasteiger partial charge in [-0.15, -0.1) is 0 Å². The Morgan fingerprint density at radius 3 is 2.37 bits per heavy atom. The molecule has 3 rings (SSSR count). The summed E-state index contributed by atoms with van der Waals surface area (Å²) in [6.45, 7) is 2.38. The molecular formula is C26H40O. The van der Waals surface area contributed by atoms with Gasteiger partial charge in [0.15, 0.2) is 0 Å². The molecule has 0 amide bonds. The molecule has 150 valence electrons. The Bertz CT molecular complexity index is 571. The van der Waals surface area contributed by atoms with Gasteiger partial charge in [0.05, 0.1) is 7.11 Å². The van der Waals surface area contributed by atoms with Gasteiger partial charge in [0, 0.05) is 0 Å². The van der Waals surface area contributed by atoms with Crippen molar-refractivity contribution in [2.75, 3.05) is 7.11 Å². The van der Waals surface area contributed by atoms with Gasteiger partial charge >= 0.3 is 0 Å². The molecule has 1 fully saturated rings. The van der Waals surface area contributed by atoms with Crippen LogP contribution in [0, 0.1) is 5.41 Å². The summed E-state index contributed by atoms with van der Waals surface area (Å²) in [5.41, 5.74) is 3.87. The van der Waals surface area contributed by atoms with Crippen molar-refractivity contribution in [1.29, 1.82) is 0 Å². The summed E-state index contributed by atoms with van der Waals surface area (Å²) in [5, 5.41) is 0. The fourth-order valence-corrected chi connectivity index (χ4v) is 5.61. The molecule has 2 aliphatic carbocycles. The van der Waals surface area contributed by atoms with E-state index < -0.39 is 0 Å². The quantitative estimate of drug-likeness (QED) is 0.399. The molecule has 1 atom stereocenters. The number of methoxy groups -OCH3 is 1. The molecule has 1 saturated carbocycles. The second kappa shape index (κ2) is 10.3. The fraction of sp³-hybridized carbons (Fsp3) is 0.692. The average molecular weight is 369 g/mol. The first-order valence-corrected chi connectivity index (χ1v) is 11.6. The van der Waals surface area contributed by atoms with Gasteiger partial charge in [0.2, 0.25) is 0 Å². The van der Waals surface area contributed by atoms with E-state index in [-0.39, 0.29) is 0 Å². The van der Waals surface area contributed by atoms with Crippen LogP contribution in [0.15, 0.2) is 35.9 Å². The first-order chi connectivity index (χ1) is 13.2. The van der Waals surface area contributed by atoms with Crippen molar-refractivity contribution in [3.8, 4) is 5.75 Å². The minimum Gasteiger partial charge on any atom is -0.497 e. The number of rotatable bonds is 9. The van der Waals surface area contributed by atoms with Gasteiger partial charge in [-0.1, -0.05) is 56.4 Å². The number of allylic oxidation sites excluding steroid dienone is 2. The first kappa shape index (κ1) is 20.5. The van der Waals surface area contributed by atoms with Gasteiger partial charge in [-0.05, 0) is 93.2 Å². The molecule has 0 radical (unpaired) electrons. The smallest absolute Gasteiger partial charge is 0.118 e. The van der Waals surface area contributed by atoms with E-state index in [1.165, 1.54) is 95.5 Å². The van der Waals surface area contributed by atoms with Gasteiger partial charge in [-0.2, -0.15) is 0 Å². The predicted octanol–water partition coefficient (Wildman–Crippen LogP) is 8.20. The van der Waals surface area contributed by atoms with E-state index >= 15 is 0 Å². The van der Waals surface area contributed by atoms with E-state index in [0.29, 0.717) is 11.3 Å². The van der Waals surface area contributed by atoms with Crippen LogP contribution in [0.3, 0.4) is 0 Å². The van der Waals surface area contributed by atoms with Gasteiger partial charge in [0.1, 0.15) is 5.75 Å². The van der Waals surface area contributed by atoms with Crippen LogP contribution < -0.4 is 4.74 Å². The van der Waals surface area contributed by atoms with E-state index in [1.54, 1.807) is 12.7 Å². The highest BCUT2D eigenvalue weighted by Gasteiger charge is 2.31. The van der Waals surface area contributed by atoms with Crippen LogP contribution in [0.2, 0.25) is 0 Å². The molecule has 0 aliphatic heterocycles. The Labute approximate surface area is 167 Å². The summed E-state index contributed by atoms with van der Waals surface area (Å²) in [5.74, 6) is 1.65. The molecule has 1 nitrogen and oxygen atoms in total. The van der Waals surface area contributed by atoms with Gasteiger partial charge < -0.3 is 4.74 Å². The lowest BCUT2D eigenvalue weighted by Crippen LogP contribution is -2.25. The summed E-state index contributed by atoms with van der Waals surface area (Å²) in [7, 11) is 1.76. The third-order valence-electron chi connectivity index (χ3n) is 7.20. The van der Waals surface area contributed by atoms with Crippen molar-refractivity contribution < 1.29 is 4.74 Å². The number of hydrogen-bond acceptors (Lipinski definition) is 1. The van der Waals surface area contributed by atoms with E-state index in [4.69, 9.17) is 4.74 Å². The van der Waals surface area contributed by atoms with Crippen molar-refractivity contribution in [2.24, 2.45) is 5.41 Å². The number of benzene rings is 1. The summed E-state index contributed by atoms with van der Waals surface area (Å²) in [6.07, 6.45) is 22.1. The predicted molar refractivity (Wildman–Crippen MR) is 117 cm³/mol. The highest BCUT2D eigenvalue weighted by atomic mass is 16.5. The summed E-state index contributed by atoms with van der Waals surface area (Å²) in [4.78, 5) is 0. The Kier molecular flexibility index (Phi) is 7.85. The highest BCUT2D eigenvalue weighted by Crippen LogP contribution is 2.46. The Morgan fingerprint density at radius 1 is 0.963 bits per heavy atom. The van der Waals surface area contributed by atoms with Crippen LogP contribution in [0.5, 0.6) is 5.75 Å². The maximum absolute atomic E-state index is 5.39. The van der Waals surface area contributed by atoms with Gasteiger partial charge in [0.25, 0.3) is 0 Å². The molecule has 1 heteroatoms. The minimum atomic E-state index is 0.638. The van der Waals surface area contributed by atoms with Crippen molar-refractivity contribution in [2.45, 2.75) is 103 Å². The van der Waals surface area contributed by atoms with Gasteiger partial charge in [-0.3, -0.25) is 0 Å². The standard InChI is InChI=1S/C26H40O/c1-3-17-26(18-8-5-9-19-26)20-16-24(21-22-10-6-4-7-11-22)23-12-14-25(27-2)15-13-23/h10,12-15,24H,3-9,11,16-21H2,1-2H3. The molecule has 1 aromatic rings. The fourth-order valence-electron chi connectivity index (χ4n) is 5.61. The summed E-state index contributed by atoms with van der Waals surface area (Å²) in [6, 6.07) is 8.94. The third kappa shape index (κ3) is 5.87. The van der Waals surface area contributed by atoms with Crippen LogP contribution >= 0.6 is 0 Å². The summed E-state index contributed by atoms with van der Waals surface area (Å²) < 4.78 is 5.39. The second-order valence-corrected chi connectivity index (χ2v) is 9.13. The summed E-state index contributed by atoms with van der Waals surface area (Å²) >= 11 is 0. The molecule has 0 N–H and O–H groups in total. The van der Waals surface area contributed by atoms with E-state index in [0.717, 1.165) is 5.75 Å².